The monoisotopic (exact) mass is 176 g/mol. The molecule has 0 spiro atoms. The molecule has 0 saturated heterocycles. The Morgan fingerprint density at radius 1 is 1.50 bits per heavy atom. The lowest BCUT2D eigenvalue weighted by Gasteiger charge is -2.05. The standard InChI is InChI=1S/C7H16N2O3/c1-3-12-7(10)9-6-11-5-4-8-2/h8H,3-6H2,1-2H3,(H,9,10). The largest absolute Gasteiger partial charge is 0.450 e. The van der Waals surface area contributed by atoms with Crippen molar-refractivity contribution in [3.8, 4) is 0 Å². The Morgan fingerprint density at radius 3 is 2.83 bits per heavy atom. The van der Waals surface area contributed by atoms with E-state index in [4.69, 9.17) is 4.74 Å². The van der Waals surface area contributed by atoms with Crippen LogP contribution in [-0.2, 0) is 9.47 Å². The molecule has 0 aromatic carbocycles. The molecule has 0 atom stereocenters. The fraction of sp³-hybridized carbons (Fsp3) is 0.857. The Bertz CT molecular complexity index is 119. The molecule has 0 radical (unpaired) electrons. The lowest BCUT2D eigenvalue weighted by molar-refractivity contribution is 0.0995. The highest BCUT2D eigenvalue weighted by molar-refractivity contribution is 5.66. The van der Waals surface area contributed by atoms with E-state index in [9.17, 15) is 4.79 Å². The molecule has 0 rings (SSSR count). The zero-order chi connectivity index (χ0) is 9.23. The van der Waals surface area contributed by atoms with Crippen molar-refractivity contribution in [2.24, 2.45) is 0 Å². The molecule has 0 aromatic heterocycles. The van der Waals surface area contributed by atoms with Gasteiger partial charge in [0.2, 0.25) is 0 Å². The van der Waals surface area contributed by atoms with E-state index in [2.05, 4.69) is 15.4 Å². The minimum Gasteiger partial charge on any atom is -0.450 e. The van der Waals surface area contributed by atoms with Gasteiger partial charge in [-0.15, -0.1) is 0 Å². The van der Waals surface area contributed by atoms with Crippen LogP contribution in [0.4, 0.5) is 4.79 Å². The van der Waals surface area contributed by atoms with E-state index in [1.54, 1.807) is 6.92 Å². The summed E-state index contributed by atoms with van der Waals surface area (Å²) in [4.78, 5) is 10.6. The Hall–Kier alpha value is -0.810. The van der Waals surface area contributed by atoms with Gasteiger partial charge in [0, 0.05) is 6.54 Å². The number of nitrogens with one attached hydrogen (secondary N) is 2. The average Bonchev–Trinajstić information content (AvgIpc) is 2.05. The van der Waals surface area contributed by atoms with Crippen LogP contribution in [-0.4, -0.2) is 39.6 Å². The van der Waals surface area contributed by atoms with Crippen molar-refractivity contribution >= 4 is 6.09 Å². The molecule has 0 aliphatic heterocycles. The number of amides is 1. The number of carbonyl (C=O) groups is 1. The van der Waals surface area contributed by atoms with Crippen molar-refractivity contribution in [3.05, 3.63) is 0 Å². The first-order valence-electron chi connectivity index (χ1n) is 3.94. The first-order chi connectivity index (χ1) is 5.81. The second-order valence-electron chi connectivity index (χ2n) is 2.05. The van der Waals surface area contributed by atoms with E-state index in [-0.39, 0.29) is 6.73 Å². The van der Waals surface area contributed by atoms with E-state index < -0.39 is 6.09 Å². The fourth-order valence-corrected chi connectivity index (χ4v) is 0.538. The van der Waals surface area contributed by atoms with E-state index in [1.807, 2.05) is 7.05 Å². The van der Waals surface area contributed by atoms with Gasteiger partial charge in [0.05, 0.1) is 13.2 Å². The Kier molecular flexibility index (Phi) is 7.73. The van der Waals surface area contributed by atoms with Crippen LogP contribution in [0.15, 0.2) is 0 Å². The van der Waals surface area contributed by atoms with E-state index >= 15 is 0 Å². The Labute approximate surface area is 72.4 Å². The summed E-state index contributed by atoms with van der Waals surface area (Å²) in [6.45, 7) is 3.66. The summed E-state index contributed by atoms with van der Waals surface area (Å²) >= 11 is 0. The van der Waals surface area contributed by atoms with Gasteiger partial charge in [-0.2, -0.15) is 0 Å². The lowest BCUT2D eigenvalue weighted by Crippen LogP contribution is -2.28. The molecule has 5 heteroatoms. The van der Waals surface area contributed by atoms with Gasteiger partial charge >= 0.3 is 6.09 Å². The summed E-state index contributed by atoms with van der Waals surface area (Å²) < 4.78 is 9.62. The van der Waals surface area contributed by atoms with Gasteiger partial charge in [-0.3, -0.25) is 5.32 Å². The second kappa shape index (κ2) is 8.29. The van der Waals surface area contributed by atoms with E-state index in [0.29, 0.717) is 13.2 Å². The van der Waals surface area contributed by atoms with Gasteiger partial charge in [0.1, 0.15) is 6.73 Å². The summed E-state index contributed by atoms with van der Waals surface area (Å²) in [5.74, 6) is 0. The van der Waals surface area contributed by atoms with Crippen LogP contribution < -0.4 is 10.6 Å². The molecule has 12 heavy (non-hydrogen) atoms. The molecule has 0 aromatic rings. The van der Waals surface area contributed by atoms with Crippen LogP contribution in [0.25, 0.3) is 0 Å². The third-order valence-electron chi connectivity index (χ3n) is 1.09. The molecule has 1 amide bonds. The van der Waals surface area contributed by atoms with Gasteiger partial charge in [-0.1, -0.05) is 0 Å². The topological polar surface area (TPSA) is 59.6 Å². The zero-order valence-electron chi connectivity index (χ0n) is 7.55. The summed E-state index contributed by atoms with van der Waals surface area (Å²) in [7, 11) is 1.84. The maximum absolute atomic E-state index is 10.6. The van der Waals surface area contributed by atoms with Crippen molar-refractivity contribution in [3.63, 3.8) is 0 Å². The number of alkyl carbamates (subject to hydrolysis) is 1. The summed E-state index contributed by atoms with van der Waals surface area (Å²) in [6, 6.07) is 0. The molecule has 72 valence electrons. The van der Waals surface area contributed by atoms with Crippen molar-refractivity contribution in [2.45, 2.75) is 6.92 Å². The quantitative estimate of drug-likeness (QED) is 0.439. The van der Waals surface area contributed by atoms with Gasteiger partial charge in [-0.05, 0) is 14.0 Å². The predicted octanol–water partition coefficient (Wildman–Crippen LogP) is -0.0740. The normalized spacial score (nSPS) is 9.50. The third-order valence-corrected chi connectivity index (χ3v) is 1.09. The Balaban J connectivity index is 3.03. The van der Waals surface area contributed by atoms with Gasteiger partial charge in [0.25, 0.3) is 0 Å². The molecular weight excluding hydrogens is 160 g/mol. The van der Waals surface area contributed by atoms with Crippen LogP contribution in [0.3, 0.4) is 0 Å². The van der Waals surface area contributed by atoms with Crippen molar-refractivity contribution < 1.29 is 14.3 Å². The fourth-order valence-electron chi connectivity index (χ4n) is 0.538. The highest BCUT2D eigenvalue weighted by Gasteiger charge is 1.96. The molecular formula is C7H16N2O3. The van der Waals surface area contributed by atoms with E-state index in [0.717, 1.165) is 6.54 Å². The first kappa shape index (κ1) is 11.2. The van der Waals surface area contributed by atoms with Crippen molar-refractivity contribution in [1.82, 2.24) is 10.6 Å². The summed E-state index contributed by atoms with van der Waals surface area (Å²) in [5.41, 5.74) is 0. The minimum absolute atomic E-state index is 0.195. The lowest BCUT2D eigenvalue weighted by atomic mass is 10.7. The van der Waals surface area contributed by atoms with Crippen molar-refractivity contribution in [2.75, 3.05) is 33.5 Å². The van der Waals surface area contributed by atoms with Gasteiger partial charge in [0.15, 0.2) is 0 Å². The summed E-state index contributed by atoms with van der Waals surface area (Å²) in [6.07, 6.45) is -0.443. The SMILES string of the molecule is CCOC(=O)NCOCCNC. The minimum atomic E-state index is -0.443. The smallest absolute Gasteiger partial charge is 0.408 e. The number of ether oxygens (including phenoxy) is 2. The third kappa shape index (κ3) is 7.30. The van der Waals surface area contributed by atoms with Gasteiger partial charge < -0.3 is 14.8 Å². The average molecular weight is 176 g/mol. The van der Waals surface area contributed by atoms with Crippen LogP contribution in [0.1, 0.15) is 6.92 Å². The Morgan fingerprint density at radius 2 is 2.25 bits per heavy atom. The molecule has 5 nitrogen and oxygen atoms in total. The molecule has 0 unspecified atom stereocenters. The van der Waals surface area contributed by atoms with Crippen molar-refractivity contribution in [1.29, 1.82) is 0 Å². The molecule has 0 saturated carbocycles. The predicted molar refractivity (Wildman–Crippen MR) is 44.9 cm³/mol. The zero-order valence-corrected chi connectivity index (χ0v) is 7.55. The molecule has 0 aliphatic rings. The molecule has 2 N–H and O–H groups in total. The number of likely N-dealkylation sites (N-methyl/N-ethyl adjacent to an activating group) is 1. The van der Waals surface area contributed by atoms with Crippen LogP contribution in [0, 0.1) is 0 Å². The molecule has 0 heterocycles. The highest BCUT2D eigenvalue weighted by atomic mass is 16.6. The maximum Gasteiger partial charge on any atom is 0.408 e. The summed E-state index contributed by atoms with van der Waals surface area (Å²) in [5, 5.41) is 5.34. The maximum atomic E-state index is 10.6. The number of rotatable bonds is 6. The number of carbonyl (C=O) groups excluding carboxylic acids is 1. The van der Waals surface area contributed by atoms with Crippen LogP contribution in [0.5, 0.6) is 0 Å². The molecule has 0 fully saturated rings. The van der Waals surface area contributed by atoms with Crippen LogP contribution >= 0.6 is 0 Å². The highest BCUT2D eigenvalue weighted by Crippen LogP contribution is 1.76. The second-order valence-corrected chi connectivity index (χ2v) is 2.05. The van der Waals surface area contributed by atoms with Gasteiger partial charge in [-0.25, -0.2) is 4.79 Å². The van der Waals surface area contributed by atoms with Crippen LogP contribution in [0.2, 0.25) is 0 Å². The molecule has 0 aliphatic carbocycles. The molecule has 0 bridgehead atoms. The number of hydrogen-bond donors (Lipinski definition) is 2. The number of hydrogen-bond acceptors (Lipinski definition) is 4. The van der Waals surface area contributed by atoms with E-state index in [1.165, 1.54) is 0 Å². The first-order valence-corrected chi connectivity index (χ1v) is 3.94.